The van der Waals surface area contributed by atoms with Gasteiger partial charge < -0.3 is 0 Å². The molecule has 0 aromatic heterocycles. The molecular weight excluding hydrogens is 901 g/mol. The molecule has 0 unspecified atom stereocenters. The Morgan fingerprint density at radius 2 is 0.353 bits per heavy atom. The highest BCUT2D eigenvalue weighted by atomic mass is 79.9. The Hall–Kier alpha value is -6.32. The van der Waals surface area contributed by atoms with E-state index in [1.165, 1.54) is 149 Å². The van der Waals surface area contributed by atoms with E-state index in [4.69, 9.17) is 15.3 Å². The van der Waals surface area contributed by atoms with Crippen LogP contribution in [0.25, 0.3) is 66.8 Å². The molecule has 9 aromatic rings. The maximum atomic E-state index is 5.01. The summed E-state index contributed by atoms with van der Waals surface area (Å²) in [5.74, 6) is 0. The van der Waals surface area contributed by atoms with E-state index in [0.717, 1.165) is 0 Å². The number of rotatable bonds is 9. The molecule has 0 saturated carbocycles. The van der Waals surface area contributed by atoms with E-state index in [2.05, 4.69) is 247 Å². The molecule has 0 spiro atoms. The third kappa shape index (κ3) is 8.48. The summed E-state index contributed by atoms with van der Waals surface area (Å²) >= 11 is 5.01. The molecule has 0 aliphatic heterocycles. The number of aryl methyl sites for hydroxylation is 12. The molecule has 0 bridgehead atoms. The van der Waals surface area contributed by atoms with Gasteiger partial charge in [-0.2, -0.15) is 0 Å². The largest absolute Gasteiger partial charge is 0.221 e. The lowest BCUT2D eigenvalue weighted by Crippen LogP contribution is -2.62. The Labute approximate surface area is 415 Å². The van der Waals surface area contributed by atoms with E-state index in [0.29, 0.717) is 0 Å². The molecule has 9 aromatic carbocycles. The average Bonchev–Trinajstić information content (AvgIpc) is 3.28. The molecule has 0 radical (unpaired) electrons. The van der Waals surface area contributed by atoms with Crippen LogP contribution >= 0.6 is 15.3 Å². The third-order valence-corrected chi connectivity index (χ3v) is 22.0. The van der Waals surface area contributed by atoms with Gasteiger partial charge in [0.2, 0.25) is 6.69 Å². The molecule has 0 N–H and O–H groups in total. The molecule has 338 valence electrons. The van der Waals surface area contributed by atoms with E-state index in [1.54, 1.807) is 0 Å². The number of hydrogen-bond donors (Lipinski definition) is 0. The van der Waals surface area contributed by atoms with Crippen LogP contribution in [0.3, 0.4) is 0 Å². The van der Waals surface area contributed by atoms with Gasteiger partial charge in [-0.3, -0.25) is 0 Å². The predicted molar refractivity (Wildman–Crippen MR) is 302 cm³/mol. The topological polar surface area (TPSA) is 0 Å². The Balaban J connectivity index is 1.50. The zero-order valence-electron chi connectivity index (χ0n) is 42.0. The molecule has 0 heterocycles. The average molecular weight is 964 g/mol. The quantitative estimate of drug-likeness (QED) is 0.0768. The first-order chi connectivity index (χ1) is 32.5. The molecular formula is C66H63BrSi. The van der Waals surface area contributed by atoms with Crippen LogP contribution in [0.15, 0.2) is 164 Å². The van der Waals surface area contributed by atoms with Gasteiger partial charge in [0.15, 0.2) is 0 Å². The SMILES string of the molecule is Cc1cccc(C)c1-c1cc(-c2c(C)cccc2C)cc([Si](Br)(c2cc(-c3c(C)cccc3C)cc(-c3c(C)cccc3C)c2)c2cc(-c3c(C)cccc3C)cc(-c3c(C)cccc3C)c2)c1. The maximum Gasteiger partial charge on any atom is 0.221 e. The van der Waals surface area contributed by atoms with E-state index >= 15 is 0 Å². The molecule has 0 atom stereocenters. The van der Waals surface area contributed by atoms with Crippen molar-refractivity contribution in [2.45, 2.75) is 83.1 Å². The normalized spacial score (nSPS) is 11.6. The summed E-state index contributed by atoms with van der Waals surface area (Å²) in [7, 11) is 0. The minimum Gasteiger partial charge on any atom is -0.108 e. The molecule has 2 heteroatoms. The first-order valence-electron chi connectivity index (χ1n) is 24.1. The smallest absolute Gasteiger partial charge is 0.108 e. The van der Waals surface area contributed by atoms with Crippen molar-refractivity contribution in [3.63, 3.8) is 0 Å². The van der Waals surface area contributed by atoms with Gasteiger partial charge in [-0.25, -0.2) is 0 Å². The fraction of sp³-hybridized carbons (Fsp3) is 0.182. The van der Waals surface area contributed by atoms with Crippen LogP contribution in [0.2, 0.25) is 0 Å². The Morgan fingerprint density at radius 1 is 0.221 bits per heavy atom. The lowest BCUT2D eigenvalue weighted by atomic mass is 9.90. The van der Waals surface area contributed by atoms with E-state index in [9.17, 15) is 0 Å². The molecule has 68 heavy (non-hydrogen) atoms. The lowest BCUT2D eigenvalue weighted by molar-refractivity contribution is 1.36. The van der Waals surface area contributed by atoms with Crippen LogP contribution < -0.4 is 15.6 Å². The van der Waals surface area contributed by atoms with E-state index < -0.39 is 6.69 Å². The fourth-order valence-corrected chi connectivity index (χ4v) is 16.7. The van der Waals surface area contributed by atoms with Gasteiger partial charge in [0.1, 0.15) is 0 Å². The third-order valence-electron chi connectivity index (χ3n) is 14.6. The van der Waals surface area contributed by atoms with Gasteiger partial charge >= 0.3 is 0 Å². The van der Waals surface area contributed by atoms with Gasteiger partial charge in [-0.15, -0.1) is 15.3 Å². The van der Waals surface area contributed by atoms with Crippen molar-refractivity contribution in [2.75, 3.05) is 0 Å². The zero-order valence-corrected chi connectivity index (χ0v) is 44.6. The van der Waals surface area contributed by atoms with Crippen LogP contribution in [0, 0.1) is 83.1 Å². The van der Waals surface area contributed by atoms with Gasteiger partial charge in [0.25, 0.3) is 0 Å². The molecule has 0 nitrogen and oxygen atoms in total. The first-order valence-corrected chi connectivity index (χ1v) is 28.4. The predicted octanol–water partition coefficient (Wildman–Crippen LogP) is 16.8. The van der Waals surface area contributed by atoms with Crippen LogP contribution in [0.5, 0.6) is 0 Å². The van der Waals surface area contributed by atoms with Crippen molar-refractivity contribution in [1.29, 1.82) is 0 Å². The van der Waals surface area contributed by atoms with Crippen molar-refractivity contribution in [1.82, 2.24) is 0 Å². The molecule has 0 amide bonds. The monoisotopic (exact) mass is 962 g/mol. The standard InChI is InChI=1S/C66H63BrSi/c1-40-19-13-20-41(2)61(40)52-31-53(62-42(3)21-14-22-43(62)4)35-58(34-52)68(67,59-36-54(63-44(5)23-15-24-45(63)6)32-55(37-59)64-46(7)25-16-26-47(64)8)60-38-56(65-48(9)27-17-28-49(65)10)33-57(39-60)66-50(11)29-18-30-51(66)12/h13-39H,1-12H3. The summed E-state index contributed by atoms with van der Waals surface area (Å²) in [6, 6.07) is 63.0. The summed E-state index contributed by atoms with van der Waals surface area (Å²) in [6.45, 7) is 23.9. The fourth-order valence-electron chi connectivity index (χ4n) is 11.5. The van der Waals surface area contributed by atoms with E-state index in [1.807, 2.05) is 0 Å². The molecule has 0 saturated heterocycles. The van der Waals surface area contributed by atoms with Crippen LogP contribution in [-0.4, -0.2) is 6.69 Å². The second kappa shape index (κ2) is 18.6. The van der Waals surface area contributed by atoms with E-state index in [-0.39, 0.29) is 0 Å². The van der Waals surface area contributed by atoms with Crippen LogP contribution in [-0.2, 0) is 0 Å². The van der Waals surface area contributed by atoms with Gasteiger partial charge in [-0.05, 0) is 250 Å². The molecule has 0 aliphatic rings. The summed E-state index contributed by atoms with van der Waals surface area (Å²) in [4.78, 5) is 0. The number of hydrogen-bond acceptors (Lipinski definition) is 0. The Bertz CT molecular complexity index is 2750. The summed E-state index contributed by atoms with van der Waals surface area (Å²) in [5.41, 5.74) is 30.6. The minimum atomic E-state index is -3.26. The summed E-state index contributed by atoms with van der Waals surface area (Å²) in [5, 5.41) is 3.94. The second-order valence-corrected chi connectivity index (χ2v) is 26.3. The Morgan fingerprint density at radius 3 is 0.485 bits per heavy atom. The highest BCUT2D eigenvalue weighted by Crippen LogP contribution is 2.39. The van der Waals surface area contributed by atoms with Crippen molar-refractivity contribution in [3.05, 3.63) is 231 Å². The minimum absolute atomic E-state index is 1.24. The van der Waals surface area contributed by atoms with Crippen molar-refractivity contribution < 1.29 is 0 Å². The molecule has 9 rings (SSSR count). The summed E-state index contributed by atoms with van der Waals surface area (Å²) in [6.07, 6.45) is 0. The lowest BCUT2D eigenvalue weighted by Gasteiger charge is -2.32. The highest BCUT2D eigenvalue weighted by molar-refractivity contribution is 9.27. The second-order valence-electron chi connectivity index (χ2n) is 19.7. The van der Waals surface area contributed by atoms with Crippen molar-refractivity contribution in [3.8, 4) is 66.8 Å². The van der Waals surface area contributed by atoms with Gasteiger partial charge in [0.05, 0.1) is 0 Å². The maximum absolute atomic E-state index is 5.01. The molecule has 0 fully saturated rings. The van der Waals surface area contributed by atoms with Crippen molar-refractivity contribution in [2.24, 2.45) is 0 Å². The number of halogens is 1. The first kappa shape index (κ1) is 46.8. The van der Waals surface area contributed by atoms with Gasteiger partial charge in [-0.1, -0.05) is 146 Å². The molecule has 0 aliphatic carbocycles. The van der Waals surface area contributed by atoms with Gasteiger partial charge in [0, 0.05) is 0 Å². The zero-order chi connectivity index (χ0) is 48.2. The number of benzene rings is 9. The van der Waals surface area contributed by atoms with Crippen LogP contribution in [0.1, 0.15) is 66.8 Å². The van der Waals surface area contributed by atoms with Crippen LogP contribution in [0.4, 0.5) is 0 Å². The Kier molecular flexibility index (Phi) is 12.8. The highest BCUT2D eigenvalue weighted by Gasteiger charge is 2.40. The van der Waals surface area contributed by atoms with Crippen molar-refractivity contribution >= 4 is 37.5 Å². The summed E-state index contributed by atoms with van der Waals surface area (Å²) < 4.78 is 0.